The van der Waals surface area contributed by atoms with E-state index in [1.807, 2.05) is 11.4 Å². The van der Waals surface area contributed by atoms with Gasteiger partial charge in [0.15, 0.2) is 0 Å². The number of aromatic nitrogens is 2. The van der Waals surface area contributed by atoms with Gasteiger partial charge in [0.1, 0.15) is 5.82 Å². The lowest BCUT2D eigenvalue weighted by atomic mass is 10.2. The molecule has 90 valence electrons. The quantitative estimate of drug-likeness (QED) is 0.881. The number of nitrogens with one attached hydrogen (secondary N) is 1. The smallest absolute Gasteiger partial charge is 0.223 e. The van der Waals surface area contributed by atoms with Gasteiger partial charge in [0.05, 0.1) is 6.54 Å². The number of aromatic amines is 1. The van der Waals surface area contributed by atoms with Crippen LogP contribution in [0.5, 0.6) is 0 Å². The standard InChI is InChI=1S/C12H15N3OS/c1-15(9-11-13-6-7-14-11)12(16)5-4-10-3-2-8-17-10/h2-3,6-8H,4-5,9H2,1H3,(H,13,14). The minimum Gasteiger partial charge on any atom is -0.347 e. The van der Waals surface area contributed by atoms with Crippen molar-refractivity contribution < 1.29 is 4.79 Å². The predicted octanol–water partition coefficient (Wildman–Crippen LogP) is 2.06. The molecule has 2 aromatic heterocycles. The lowest BCUT2D eigenvalue weighted by molar-refractivity contribution is -0.130. The van der Waals surface area contributed by atoms with Crippen LogP contribution in [-0.2, 0) is 17.8 Å². The fourth-order valence-corrected chi connectivity index (χ4v) is 2.28. The molecule has 4 nitrogen and oxygen atoms in total. The topological polar surface area (TPSA) is 49.0 Å². The van der Waals surface area contributed by atoms with E-state index in [0.717, 1.165) is 12.2 Å². The zero-order chi connectivity index (χ0) is 12.1. The van der Waals surface area contributed by atoms with E-state index in [1.165, 1.54) is 4.88 Å². The molecular weight excluding hydrogens is 234 g/mol. The molecule has 0 spiro atoms. The third-order valence-corrected chi connectivity index (χ3v) is 3.47. The highest BCUT2D eigenvalue weighted by Crippen LogP contribution is 2.11. The van der Waals surface area contributed by atoms with Gasteiger partial charge in [0.2, 0.25) is 5.91 Å². The van der Waals surface area contributed by atoms with Crippen LogP contribution in [0.3, 0.4) is 0 Å². The molecule has 0 aliphatic rings. The van der Waals surface area contributed by atoms with Crippen molar-refractivity contribution in [2.75, 3.05) is 7.05 Å². The summed E-state index contributed by atoms with van der Waals surface area (Å²) in [5, 5.41) is 2.03. The number of amides is 1. The van der Waals surface area contributed by atoms with Crippen LogP contribution < -0.4 is 0 Å². The summed E-state index contributed by atoms with van der Waals surface area (Å²) >= 11 is 1.69. The number of nitrogens with zero attached hydrogens (tertiary/aromatic N) is 2. The van der Waals surface area contributed by atoms with Crippen molar-refractivity contribution in [3.05, 3.63) is 40.6 Å². The van der Waals surface area contributed by atoms with Crippen LogP contribution in [0.4, 0.5) is 0 Å². The van der Waals surface area contributed by atoms with E-state index in [-0.39, 0.29) is 5.91 Å². The van der Waals surface area contributed by atoms with E-state index in [2.05, 4.69) is 16.0 Å². The van der Waals surface area contributed by atoms with Gasteiger partial charge in [-0.05, 0) is 17.9 Å². The number of hydrogen-bond acceptors (Lipinski definition) is 3. The average Bonchev–Trinajstić information content (AvgIpc) is 2.98. The second-order valence-electron chi connectivity index (χ2n) is 3.87. The van der Waals surface area contributed by atoms with Crippen molar-refractivity contribution in [1.82, 2.24) is 14.9 Å². The summed E-state index contributed by atoms with van der Waals surface area (Å²) in [6.07, 6.45) is 4.83. The van der Waals surface area contributed by atoms with Crippen LogP contribution in [-0.4, -0.2) is 27.8 Å². The SMILES string of the molecule is CN(Cc1ncc[nH]1)C(=O)CCc1cccs1. The van der Waals surface area contributed by atoms with E-state index in [9.17, 15) is 4.79 Å². The Morgan fingerprint density at radius 3 is 3.12 bits per heavy atom. The lowest BCUT2D eigenvalue weighted by Gasteiger charge is -2.15. The number of hydrogen-bond donors (Lipinski definition) is 1. The van der Waals surface area contributed by atoms with Gasteiger partial charge in [-0.2, -0.15) is 0 Å². The monoisotopic (exact) mass is 249 g/mol. The van der Waals surface area contributed by atoms with E-state index in [0.29, 0.717) is 13.0 Å². The maximum absolute atomic E-state index is 11.9. The molecule has 0 atom stereocenters. The van der Waals surface area contributed by atoms with Gasteiger partial charge in [-0.1, -0.05) is 6.07 Å². The Hall–Kier alpha value is -1.62. The third kappa shape index (κ3) is 3.42. The number of rotatable bonds is 5. The first-order valence-corrected chi connectivity index (χ1v) is 6.38. The fourth-order valence-electron chi connectivity index (χ4n) is 1.57. The first kappa shape index (κ1) is 11.9. The molecule has 0 aliphatic carbocycles. The number of imidazole rings is 1. The second kappa shape index (κ2) is 5.63. The van der Waals surface area contributed by atoms with Gasteiger partial charge in [-0.3, -0.25) is 4.79 Å². The van der Waals surface area contributed by atoms with Crippen molar-refractivity contribution in [2.45, 2.75) is 19.4 Å². The van der Waals surface area contributed by atoms with Gasteiger partial charge >= 0.3 is 0 Å². The summed E-state index contributed by atoms with van der Waals surface area (Å²) in [5.74, 6) is 0.965. The summed E-state index contributed by atoms with van der Waals surface area (Å²) in [5.41, 5.74) is 0. The van der Waals surface area contributed by atoms with Crippen molar-refractivity contribution >= 4 is 17.2 Å². The van der Waals surface area contributed by atoms with Crippen LogP contribution in [0.25, 0.3) is 0 Å². The van der Waals surface area contributed by atoms with Gasteiger partial charge < -0.3 is 9.88 Å². The number of carbonyl (C=O) groups is 1. The van der Waals surface area contributed by atoms with E-state index in [4.69, 9.17) is 0 Å². The summed E-state index contributed by atoms with van der Waals surface area (Å²) < 4.78 is 0. The molecule has 0 aliphatic heterocycles. The lowest BCUT2D eigenvalue weighted by Crippen LogP contribution is -2.26. The van der Waals surface area contributed by atoms with Crippen molar-refractivity contribution in [3.8, 4) is 0 Å². The van der Waals surface area contributed by atoms with Crippen LogP contribution in [0, 0.1) is 0 Å². The first-order chi connectivity index (χ1) is 8.25. The zero-order valence-corrected chi connectivity index (χ0v) is 10.5. The van der Waals surface area contributed by atoms with Gasteiger partial charge in [-0.15, -0.1) is 11.3 Å². The molecule has 0 unspecified atom stereocenters. The van der Waals surface area contributed by atoms with Crippen LogP contribution in [0.1, 0.15) is 17.1 Å². The maximum Gasteiger partial charge on any atom is 0.223 e. The number of carbonyl (C=O) groups excluding carboxylic acids is 1. The van der Waals surface area contributed by atoms with E-state index in [1.54, 1.807) is 35.7 Å². The summed E-state index contributed by atoms with van der Waals surface area (Å²) in [4.78, 5) is 21.9. The Labute approximate surface area is 104 Å². The second-order valence-corrected chi connectivity index (χ2v) is 4.90. The average molecular weight is 249 g/mol. The normalized spacial score (nSPS) is 10.4. The molecule has 0 radical (unpaired) electrons. The Kier molecular flexibility index (Phi) is 3.93. The minimum atomic E-state index is 0.148. The zero-order valence-electron chi connectivity index (χ0n) is 9.72. The first-order valence-electron chi connectivity index (χ1n) is 5.50. The highest BCUT2D eigenvalue weighted by molar-refractivity contribution is 7.09. The minimum absolute atomic E-state index is 0.148. The maximum atomic E-state index is 11.9. The van der Waals surface area contributed by atoms with Crippen molar-refractivity contribution in [1.29, 1.82) is 0 Å². The number of aryl methyl sites for hydroxylation is 1. The van der Waals surface area contributed by atoms with Crippen molar-refractivity contribution in [2.24, 2.45) is 0 Å². The van der Waals surface area contributed by atoms with Crippen LogP contribution in [0.2, 0.25) is 0 Å². The molecule has 2 rings (SSSR count). The summed E-state index contributed by atoms with van der Waals surface area (Å²) in [6, 6.07) is 4.07. The Bertz CT molecular complexity index is 450. The van der Waals surface area contributed by atoms with Gasteiger partial charge in [0, 0.05) is 30.7 Å². The predicted molar refractivity (Wildman–Crippen MR) is 67.7 cm³/mol. The Morgan fingerprint density at radius 2 is 2.47 bits per heavy atom. The molecule has 1 amide bonds. The molecule has 2 aromatic rings. The van der Waals surface area contributed by atoms with Crippen molar-refractivity contribution in [3.63, 3.8) is 0 Å². The molecule has 0 fully saturated rings. The van der Waals surface area contributed by atoms with Crippen LogP contribution >= 0.6 is 11.3 Å². The number of H-pyrrole nitrogens is 1. The summed E-state index contributed by atoms with van der Waals surface area (Å²) in [7, 11) is 1.80. The molecule has 0 saturated carbocycles. The largest absolute Gasteiger partial charge is 0.347 e. The molecular formula is C12H15N3OS. The van der Waals surface area contributed by atoms with Gasteiger partial charge in [-0.25, -0.2) is 4.98 Å². The van der Waals surface area contributed by atoms with Gasteiger partial charge in [0.25, 0.3) is 0 Å². The highest BCUT2D eigenvalue weighted by Gasteiger charge is 2.10. The highest BCUT2D eigenvalue weighted by atomic mass is 32.1. The molecule has 0 aromatic carbocycles. The van der Waals surface area contributed by atoms with E-state index >= 15 is 0 Å². The third-order valence-electron chi connectivity index (χ3n) is 2.53. The Morgan fingerprint density at radius 1 is 1.59 bits per heavy atom. The summed E-state index contributed by atoms with van der Waals surface area (Å²) in [6.45, 7) is 0.538. The molecule has 1 N–H and O–H groups in total. The molecule has 0 saturated heterocycles. The molecule has 2 heterocycles. The Balaban J connectivity index is 1.79. The van der Waals surface area contributed by atoms with E-state index < -0.39 is 0 Å². The number of thiophene rings is 1. The fraction of sp³-hybridized carbons (Fsp3) is 0.333. The molecule has 5 heteroatoms. The van der Waals surface area contributed by atoms with Crippen LogP contribution in [0.15, 0.2) is 29.9 Å². The molecule has 17 heavy (non-hydrogen) atoms. The molecule has 0 bridgehead atoms.